The Labute approximate surface area is 217 Å². The van der Waals surface area contributed by atoms with Crippen molar-refractivity contribution in [2.24, 2.45) is 0 Å². The van der Waals surface area contributed by atoms with E-state index in [1.165, 1.54) is 7.11 Å². The second kappa shape index (κ2) is 14.5. The van der Waals surface area contributed by atoms with Gasteiger partial charge in [0.25, 0.3) is 0 Å². The molecule has 8 heteroatoms. The second-order valence-electron chi connectivity index (χ2n) is 7.98. The van der Waals surface area contributed by atoms with Gasteiger partial charge in [0.1, 0.15) is 30.8 Å². The Kier molecular flexibility index (Phi) is 10.8. The number of nitrogens with one attached hydrogen (secondary N) is 1. The lowest BCUT2D eigenvalue weighted by Crippen LogP contribution is -2.33. The third-order valence-corrected chi connectivity index (χ3v) is 5.44. The molecule has 0 radical (unpaired) electrons. The fraction of sp³-hybridized carbons (Fsp3) is 0.276. The molecule has 0 aliphatic heterocycles. The lowest BCUT2D eigenvalue weighted by molar-refractivity contribution is -0.133. The zero-order valence-corrected chi connectivity index (χ0v) is 21.3. The third kappa shape index (κ3) is 8.27. The summed E-state index contributed by atoms with van der Waals surface area (Å²) in [5.41, 5.74) is 1.74. The van der Waals surface area contributed by atoms with Gasteiger partial charge in [-0.3, -0.25) is 0 Å². The fourth-order valence-electron chi connectivity index (χ4n) is 3.51. The number of rotatable bonds is 14. The Bertz CT molecular complexity index is 1160. The molecule has 0 fully saturated rings. The predicted octanol–water partition coefficient (Wildman–Crippen LogP) is 3.83. The van der Waals surface area contributed by atoms with E-state index >= 15 is 0 Å². The molecule has 0 aliphatic rings. The molecule has 3 rings (SSSR count). The molecule has 196 valence electrons. The first-order chi connectivity index (χ1) is 18.0. The van der Waals surface area contributed by atoms with Crippen LogP contribution in [0, 0.1) is 0 Å². The number of esters is 1. The van der Waals surface area contributed by atoms with E-state index in [2.05, 4.69) is 5.32 Å². The summed E-state index contributed by atoms with van der Waals surface area (Å²) in [7, 11) is 4.52. The number of hydrogen-bond donors (Lipinski definition) is 2. The highest BCUT2D eigenvalue weighted by Gasteiger charge is 2.15. The van der Waals surface area contributed by atoms with Crippen LogP contribution in [0.2, 0.25) is 0 Å². The van der Waals surface area contributed by atoms with Crippen LogP contribution >= 0.6 is 0 Å². The highest BCUT2D eigenvalue weighted by Crippen LogP contribution is 2.27. The molecule has 0 aromatic heterocycles. The molecule has 3 aromatic rings. The summed E-state index contributed by atoms with van der Waals surface area (Å²) in [6.45, 7) is 1.36. The predicted molar refractivity (Wildman–Crippen MR) is 142 cm³/mol. The molecule has 0 saturated carbocycles. The zero-order valence-electron chi connectivity index (χ0n) is 21.3. The number of benzene rings is 3. The number of methoxy groups -OCH3 is 3. The van der Waals surface area contributed by atoms with Gasteiger partial charge in [-0.25, -0.2) is 4.79 Å². The Morgan fingerprint density at radius 2 is 1.54 bits per heavy atom. The monoisotopic (exact) mass is 507 g/mol. The summed E-state index contributed by atoms with van der Waals surface area (Å²) in [6, 6.07) is 21.9. The molecule has 37 heavy (non-hydrogen) atoms. The van der Waals surface area contributed by atoms with Gasteiger partial charge in [-0.15, -0.1) is 0 Å². The standard InChI is InChI=1S/C29H33NO7/c1-33-24-14-12-21(13-15-24)25(29(32)35-3)18-22-8-4-5-9-26(22)37-20-23(31)19-30-16-17-36-28-11-7-6-10-27(28)34-2/h4-15,18,23,30-31H,16-17,19-20H2,1-3H3/b25-18+. The summed E-state index contributed by atoms with van der Waals surface area (Å²) in [5.74, 6) is 2.09. The molecular formula is C29H33NO7. The van der Waals surface area contributed by atoms with Crippen molar-refractivity contribution >= 4 is 17.6 Å². The maximum Gasteiger partial charge on any atom is 0.338 e. The van der Waals surface area contributed by atoms with Crippen LogP contribution < -0.4 is 24.3 Å². The summed E-state index contributed by atoms with van der Waals surface area (Å²) >= 11 is 0. The molecule has 0 aliphatic carbocycles. The van der Waals surface area contributed by atoms with Crippen molar-refractivity contribution in [2.75, 3.05) is 47.6 Å². The van der Waals surface area contributed by atoms with Gasteiger partial charge in [0.05, 0.1) is 26.9 Å². The smallest absolute Gasteiger partial charge is 0.338 e. The molecule has 0 bridgehead atoms. The maximum atomic E-state index is 12.5. The van der Waals surface area contributed by atoms with Crippen molar-refractivity contribution in [3.05, 3.63) is 83.9 Å². The van der Waals surface area contributed by atoms with E-state index in [4.69, 9.17) is 23.7 Å². The molecule has 1 atom stereocenters. The number of carbonyl (C=O) groups is 1. The van der Waals surface area contributed by atoms with Crippen LogP contribution in [-0.2, 0) is 9.53 Å². The number of aliphatic hydroxyl groups is 1. The van der Waals surface area contributed by atoms with Crippen LogP contribution in [0.1, 0.15) is 11.1 Å². The molecule has 0 amide bonds. The summed E-state index contributed by atoms with van der Waals surface area (Å²) in [5, 5.41) is 13.5. The van der Waals surface area contributed by atoms with Crippen LogP contribution in [0.5, 0.6) is 23.0 Å². The number of hydrogen-bond acceptors (Lipinski definition) is 8. The zero-order chi connectivity index (χ0) is 26.5. The lowest BCUT2D eigenvalue weighted by atomic mass is 10.0. The molecule has 0 spiro atoms. The Morgan fingerprint density at radius 1 is 0.865 bits per heavy atom. The minimum atomic E-state index is -0.745. The van der Waals surface area contributed by atoms with Gasteiger partial charge in [-0.05, 0) is 42.0 Å². The summed E-state index contributed by atoms with van der Waals surface area (Å²) in [4.78, 5) is 12.5. The van der Waals surface area contributed by atoms with E-state index in [1.54, 1.807) is 50.6 Å². The molecule has 3 aromatic carbocycles. The average molecular weight is 508 g/mol. The minimum Gasteiger partial charge on any atom is -0.497 e. The highest BCUT2D eigenvalue weighted by molar-refractivity contribution is 6.21. The van der Waals surface area contributed by atoms with Gasteiger partial charge >= 0.3 is 5.97 Å². The average Bonchev–Trinajstić information content (AvgIpc) is 2.95. The maximum absolute atomic E-state index is 12.5. The van der Waals surface area contributed by atoms with Crippen molar-refractivity contribution in [3.8, 4) is 23.0 Å². The van der Waals surface area contributed by atoms with Crippen LogP contribution in [0.3, 0.4) is 0 Å². The van der Waals surface area contributed by atoms with E-state index in [-0.39, 0.29) is 6.61 Å². The first kappa shape index (κ1) is 27.6. The van der Waals surface area contributed by atoms with Gasteiger partial charge < -0.3 is 34.1 Å². The fourth-order valence-corrected chi connectivity index (χ4v) is 3.51. The van der Waals surface area contributed by atoms with E-state index in [0.717, 1.165) is 0 Å². The van der Waals surface area contributed by atoms with Gasteiger partial charge in [0, 0.05) is 18.7 Å². The van der Waals surface area contributed by atoms with E-state index < -0.39 is 12.1 Å². The number of ether oxygens (including phenoxy) is 5. The largest absolute Gasteiger partial charge is 0.497 e. The molecule has 8 nitrogen and oxygen atoms in total. The lowest BCUT2D eigenvalue weighted by Gasteiger charge is -2.16. The normalized spacial score (nSPS) is 11.9. The van der Waals surface area contributed by atoms with Gasteiger partial charge in [0.15, 0.2) is 11.5 Å². The first-order valence-corrected chi connectivity index (χ1v) is 11.9. The Morgan fingerprint density at radius 3 is 2.22 bits per heavy atom. The first-order valence-electron chi connectivity index (χ1n) is 11.9. The summed E-state index contributed by atoms with van der Waals surface area (Å²) < 4.78 is 27.1. The van der Waals surface area contributed by atoms with Crippen molar-refractivity contribution < 1.29 is 33.6 Å². The Balaban J connectivity index is 1.56. The molecule has 0 saturated heterocycles. The minimum absolute atomic E-state index is 0.0707. The van der Waals surface area contributed by atoms with E-state index in [0.29, 0.717) is 59.4 Å². The Hall–Kier alpha value is -4.01. The van der Waals surface area contributed by atoms with E-state index in [1.807, 2.05) is 42.5 Å². The van der Waals surface area contributed by atoms with Crippen LogP contribution in [0.15, 0.2) is 72.8 Å². The quantitative estimate of drug-likeness (QED) is 0.147. The number of aliphatic hydroxyl groups excluding tert-OH is 1. The van der Waals surface area contributed by atoms with E-state index in [9.17, 15) is 9.90 Å². The van der Waals surface area contributed by atoms with Crippen molar-refractivity contribution in [1.29, 1.82) is 0 Å². The molecule has 1 unspecified atom stereocenters. The number of para-hydroxylation sites is 3. The van der Waals surface area contributed by atoms with Crippen molar-refractivity contribution in [1.82, 2.24) is 5.32 Å². The molecule has 0 heterocycles. The third-order valence-electron chi connectivity index (χ3n) is 5.44. The SMILES string of the molecule is COC(=O)/C(=C/c1ccccc1OCC(O)CNCCOc1ccccc1OC)c1ccc(OC)cc1. The van der Waals surface area contributed by atoms with Gasteiger partial charge in [-0.2, -0.15) is 0 Å². The van der Waals surface area contributed by atoms with Crippen molar-refractivity contribution in [2.45, 2.75) is 6.10 Å². The highest BCUT2D eigenvalue weighted by atomic mass is 16.5. The van der Waals surface area contributed by atoms with Gasteiger partial charge in [-0.1, -0.05) is 42.5 Å². The molecular weight excluding hydrogens is 474 g/mol. The topological polar surface area (TPSA) is 95.5 Å². The summed E-state index contributed by atoms with van der Waals surface area (Å²) in [6.07, 6.45) is 0.966. The number of carbonyl (C=O) groups excluding carboxylic acids is 1. The van der Waals surface area contributed by atoms with Crippen LogP contribution in [-0.4, -0.2) is 64.8 Å². The van der Waals surface area contributed by atoms with Crippen LogP contribution in [0.4, 0.5) is 0 Å². The van der Waals surface area contributed by atoms with Gasteiger partial charge in [0.2, 0.25) is 0 Å². The second-order valence-corrected chi connectivity index (χ2v) is 7.98. The molecule has 2 N–H and O–H groups in total. The van der Waals surface area contributed by atoms with Crippen molar-refractivity contribution in [3.63, 3.8) is 0 Å². The van der Waals surface area contributed by atoms with Crippen LogP contribution in [0.25, 0.3) is 11.6 Å².